The summed E-state index contributed by atoms with van der Waals surface area (Å²) >= 11 is 6.30. The van der Waals surface area contributed by atoms with Gasteiger partial charge in [-0.2, -0.15) is 0 Å². The second-order valence-corrected chi connectivity index (χ2v) is 5.57. The molecule has 1 heterocycles. The van der Waals surface area contributed by atoms with Gasteiger partial charge in [-0.05, 0) is 31.4 Å². The molecule has 0 spiro atoms. The van der Waals surface area contributed by atoms with E-state index in [1.807, 2.05) is 36.8 Å². The summed E-state index contributed by atoms with van der Waals surface area (Å²) in [7, 11) is 0. The second-order valence-electron chi connectivity index (χ2n) is 5.16. The van der Waals surface area contributed by atoms with Crippen LogP contribution in [0.15, 0.2) is 36.8 Å². The Kier molecular flexibility index (Phi) is 3.58. The van der Waals surface area contributed by atoms with Gasteiger partial charge in [0.2, 0.25) is 0 Å². The summed E-state index contributed by atoms with van der Waals surface area (Å²) in [4.78, 5) is 4.32. The van der Waals surface area contributed by atoms with Crippen molar-refractivity contribution in [2.45, 2.75) is 25.3 Å². The quantitative estimate of drug-likeness (QED) is 0.932. The van der Waals surface area contributed by atoms with E-state index in [0.29, 0.717) is 12.0 Å². The topological polar surface area (TPSA) is 43.8 Å². The van der Waals surface area contributed by atoms with Gasteiger partial charge in [-0.1, -0.05) is 36.2 Å². The normalized spacial score (nSPS) is 22.8. The molecule has 3 rings (SSSR count). The number of hydrogen-bond acceptors (Lipinski definition) is 2. The summed E-state index contributed by atoms with van der Waals surface area (Å²) in [6.45, 7) is 0.741. The van der Waals surface area contributed by atoms with Crippen molar-refractivity contribution in [3.05, 3.63) is 41.8 Å². The fourth-order valence-electron chi connectivity index (χ4n) is 3.10. The number of aromatic nitrogens is 2. The number of halogens is 1. The molecule has 1 aliphatic rings. The zero-order valence-corrected chi connectivity index (χ0v) is 11.6. The molecule has 19 heavy (non-hydrogen) atoms. The van der Waals surface area contributed by atoms with Crippen molar-refractivity contribution in [1.82, 2.24) is 9.55 Å². The van der Waals surface area contributed by atoms with Crippen molar-refractivity contribution in [3.8, 4) is 11.3 Å². The van der Waals surface area contributed by atoms with E-state index >= 15 is 0 Å². The minimum absolute atomic E-state index is 0.457. The average Bonchev–Trinajstić information content (AvgIpc) is 3.07. The van der Waals surface area contributed by atoms with Gasteiger partial charge in [-0.15, -0.1) is 0 Å². The lowest BCUT2D eigenvalue weighted by molar-refractivity contribution is 0.390. The van der Waals surface area contributed by atoms with E-state index in [1.165, 1.54) is 19.3 Å². The Morgan fingerprint density at radius 3 is 2.95 bits per heavy atom. The first kappa shape index (κ1) is 12.7. The lowest BCUT2D eigenvalue weighted by Crippen LogP contribution is -2.21. The molecule has 1 aromatic heterocycles. The first-order valence-corrected chi connectivity index (χ1v) is 7.16. The Labute approximate surface area is 118 Å². The van der Waals surface area contributed by atoms with Crippen molar-refractivity contribution in [2.75, 3.05) is 6.54 Å². The standard InChI is InChI=1S/C15H18ClN3/c16-13-6-2-1-5-12(13)15-9-18-10-19(15)14-7-3-4-11(14)8-17/h1-2,5-6,9-11,14H,3-4,7-8,17H2. The summed E-state index contributed by atoms with van der Waals surface area (Å²) in [6.07, 6.45) is 7.44. The molecular weight excluding hydrogens is 258 g/mol. The largest absolute Gasteiger partial charge is 0.330 e. The lowest BCUT2D eigenvalue weighted by Gasteiger charge is -2.22. The van der Waals surface area contributed by atoms with Crippen molar-refractivity contribution < 1.29 is 0 Å². The van der Waals surface area contributed by atoms with Crippen LogP contribution >= 0.6 is 11.6 Å². The molecule has 0 amide bonds. The maximum atomic E-state index is 6.30. The number of imidazole rings is 1. The molecule has 0 saturated heterocycles. The van der Waals surface area contributed by atoms with E-state index in [9.17, 15) is 0 Å². The van der Waals surface area contributed by atoms with Crippen LogP contribution in [0, 0.1) is 5.92 Å². The molecule has 2 unspecified atom stereocenters. The van der Waals surface area contributed by atoms with Crippen molar-refractivity contribution in [1.29, 1.82) is 0 Å². The Balaban J connectivity index is 2.01. The fourth-order valence-corrected chi connectivity index (χ4v) is 3.34. The monoisotopic (exact) mass is 275 g/mol. The first-order valence-electron chi connectivity index (χ1n) is 6.78. The van der Waals surface area contributed by atoms with Crippen LogP contribution in [0.2, 0.25) is 5.02 Å². The van der Waals surface area contributed by atoms with E-state index in [4.69, 9.17) is 17.3 Å². The summed E-state index contributed by atoms with van der Waals surface area (Å²) in [5.41, 5.74) is 8.03. The Bertz CT molecular complexity index is 564. The molecule has 2 N–H and O–H groups in total. The molecule has 1 aliphatic carbocycles. The van der Waals surface area contributed by atoms with Crippen LogP contribution < -0.4 is 5.73 Å². The van der Waals surface area contributed by atoms with Crippen molar-refractivity contribution in [3.63, 3.8) is 0 Å². The third-order valence-corrected chi connectivity index (χ3v) is 4.42. The van der Waals surface area contributed by atoms with Crippen LogP contribution in [-0.4, -0.2) is 16.1 Å². The summed E-state index contributed by atoms with van der Waals surface area (Å²) in [5.74, 6) is 0.551. The lowest BCUT2D eigenvalue weighted by atomic mass is 10.0. The van der Waals surface area contributed by atoms with Gasteiger partial charge in [0.25, 0.3) is 0 Å². The Morgan fingerprint density at radius 1 is 1.32 bits per heavy atom. The highest BCUT2D eigenvalue weighted by atomic mass is 35.5. The van der Waals surface area contributed by atoms with E-state index in [2.05, 4.69) is 9.55 Å². The van der Waals surface area contributed by atoms with Gasteiger partial charge < -0.3 is 10.3 Å². The van der Waals surface area contributed by atoms with E-state index in [0.717, 1.165) is 22.8 Å². The summed E-state index contributed by atoms with van der Waals surface area (Å²) in [5, 5.41) is 0.770. The smallest absolute Gasteiger partial charge is 0.0953 e. The highest BCUT2D eigenvalue weighted by molar-refractivity contribution is 6.33. The zero-order chi connectivity index (χ0) is 13.2. The van der Waals surface area contributed by atoms with E-state index < -0.39 is 0 Å². The number of hydrogen-bond donors (Lipinski definition) is 1. The van der Waals surface area contributed by atoms with Crippen LogP contribution in [0.3, 0.4) is 0 Å². The minimum Gasteiger partial charge on any atom is -0.330 e. The summed E-state index contributed by atoms with van der Waals surface area (Å²) in [6, 6.07) is 8.38. The SMILES string of the molecule is NCC1CCCC1n1cncc1-c1ccccc1Cl. The average molecular weight is 276 g/mol. The number of rotatable bonds is 3. The van der Waals surface area contributed by atoms with E-state index in [1.54, 1.807) is 0 Å². The molecule has 100 valence electrons. The van der Waals surface area contributed by atoms with Gasteiger partial charge >= 0.3 is 0 Å². The molecule has 1 fully saturated rings. The third kappa shape index (κ3) is 2.28. The Morgan fingerprint density at radius 2 is 2.16 bits per heavy atom. The number of nitrogens with zero attached hydrogens (tertiary/aromatic N) is 2. The molecule has 3 nitrogen and oxygen atoms in total. The molecule has 0 bridgehead atoms. The van der Waals surface area contributed by atoms with Gasteiger partial charge in [0.05, 0.1) is 18.2 Å². The van der Waals surface area contributed by atoms with Gasteiger partial charge in [-0.3, -0.25) is 0 Å². The maximum Gasteiger partial charge on any atom is 0.0953 e. The van der Waals surface area contributed by atoms with Gasteiger partial charge in [0, 0.05) is 16.6 Å². The van der Waals surface area contributed by atoms with Gasteiger partial charge in [0.1, 0.15) is 0 Å². The van der Waals surface area contributed by atoms with Crippen LogP contribution in [0.25, 0.3) is 11.3 Å². The molecule has 2 aromatic rings. The molecule has 0 aliphatic heterocycles. The molecule has 4 heteroatoms. The Hall–Kier alpha value is -1.32. The van der Waals surface area contributed by atoms with E-state index in [-0.39, 0.29) is 0 Å². The third-order valence-electron chi connectivity index (χ3n) is 4.09. The molecule has 0 radical (unpaired) electrons. The van der Waals surface area contributed by atoms with Crippen molar-refractivity contribution >= 4 is 11.6 Å². The van der Waals surface area contributed by atoms with Crippen molar-refractivity contribution in [2.24, 2.45) is 11.7 Å². The van der Waals surface area contributed by atoms with Gasteiger partial charge in [-0.25, -0.2) is 4.98 Å². The highest BCUT2D eigenvalue weighted by Crippen LogP contribution is 2.38. The number of nitrogens with two attached hydrogens (primary N) is 1. The van der Waals surface area contributed by atoms with Crippen LogP contribution in [0.4, 0.5) is 0 Å². The molecule has 1 aromatic carbocycles. The first-order chi connectivity index (χ1) is 9.31. The minimum atomic E-state index is 0.457. The predicted octanol–water partition coefficient (Wildman–Crippen LogP) is 3.50. The van der Waals surface area contributed by atoms with Crippen LogP contribution in [0.1, 0.15) is 25.3 Å². The maximum absolute atomic E-state index is 6.30. The highest BCUT2D eigenvalue weighted by Gasteiger charge is 2.29. The number of benzene rings is 1. The summed E-state index contributed by atoms with van der Waals surface area (Å²) < 4.78 is 2.26. The predicted molar refractivity (Wildman–Crippen MR) is 78.1 cm³/mol. The van der Waals surface area contributed by atoms with Gasteiger partial charge in [0.15, 0.2) is 0 Å². The zero-order valence-electron chi connectivity index (χ0n) is 10.8. The molecule has 2 atom stereocenters. The molecular formula is C15H18ClN3. The molecule has 1 saturated carbocycles. The van der Waals surface area contributed by atoms with Crippen LogP contribution in [-0.2, 0) is 0 Å². The van der Waals surface area contributed by atoms with Crippen LogP contribution in [0.5, 0.6) is 0 Å². The fraction of sp³-hybridized carbons (Fsp3) is 0.400. The second kappa shape index (κ2) is 5.35.